The van der Waals surface area contributed by atoms with Crippen molar-refractivity contribution in [1.82, 2.24) is 0 Å². The molecule has 0 aromatic heterocycles. The maximum atomic E-state index is 11.8. The molecular formula is C12H12N2O3S. The van der Waals surface area contributed by atoms with Crippen molar-refractivity contribution < 1.29 is 14.3 Å². The van der Waals surface area contributed by atoms with Gasteiger partial charge in [0.2, 0.25) is 0 Å². The number of nitrogens with zero attached hydrogens (tertiary/aromatic N) is 1. The molecule has 1 fully saturated rings. The van der Waals surface area contributed by atoms with E-state index < -0.39 is 11.8 Å². The minimum absolute atomic E-state index is 0.115. The maximum absolute atomic E-state index is 11.8. The van der Waals surface area contributed by atoms with Gasteiger partial charge in [0.15, 0.2) is 0 Å². The van der Waals surface area contributed by atoms with Gasteiger partial charge in [-0.1, -0.05) is 24.4 Å². The van der Waals surface area contributed by atoms with Gasteiger partial charge in [-0.05, 0) is 18.6 Å². The molecule has 5 nitrogen and oxygen atoms in total. The van der Waals surface area contributed by atoms with Gasteiger partial charge in [0.05, 0.1) is 5.69 Å². The molecule has 0 atom stereocenters. The van der Waals surface area contributed by atoms with Gasteiger partial charge < -0.3 is 10.5 Å². The number of nitrogens with two attached hydrogens (primary N) is 1. The number of anilines is 1. The smallest absolute Gasteiger partial charge is 0.259 e. The Bertz CT molecular complexity index is 526. The predicted octanol–water partition coefficient (Wildman–Crippen LogP) is 0.519. The van der Waals surface area contributed by atoms with Gasteiger partial charge in [-0.15, -0.1) is 0 Å². The number of benzene rings is 1. The lowest BCUT2D eigenvalue weighted by Crippen LogP contribution is -2.47. The molecule has 0 radical (unpaired) electrons. The second-order valence-electron chi connectivity index (χ2n) is 3.95. The summed E-state index contributed by atoms with van der Waals surface area (Å²) < 4.78 is 4.87. The number of imide groups is 1. The SMILES string of the molecule is Cc1cccc(N2C(=O)COCC2=O)c1C(N)=S. The summed E-state index contributed by atoms with van der Waals surface area (Å²) in [6, 6.07) is 5.23. The average Bonchev–Trinajstić information content (AvgIpc) is 2.28. The third-order valence-electron chi connectivity index (χ3n) is 2.69. The van der Waals surface area contributed by atoms with Crippen LogP contribution in [0, 0.1) is 6.92 Å². The van der Waals surface area contributed by atoms with Crippen molar-refractivity contribution in [2.45, 2.75) is 6.92 Å². The molecule has 6 heteroatoms. The second kappa shape index (κ2) is 4.83. The molecule has 1 aliphatic heterocycles. The molecular weight excluding hydrogens is 252 g/mol. The largest absolute Gasteiger partial charge is 0.389 e. The molecule has 0 saturated carbocycles. The van der Waals surface area contributed by atoms with Gasteiger partial charge in [-0.3, -0.25) is 9.59 Å². The maximum Gasteiger partial charge on any atom is 0.259 e. The fourth-order valence-corrected chi connectivity index (χ4v) is 2.19. The molecule has 1 aromatic rings. The summed E-state index contributed by atoms with van der Waals surface area (Å²) >= 11 is 4.98. The Morgan fingerprint density at radius 2 is 1.94 bits per heavy atom. The standard InChI is InChI=1S/C12H12N2O3S/c1-7-3-2-4-8(11(7)12(13)18)14-9(15)5-17-6-10(14)16/h2-4H,5-6H2,1H3,(H2,13,18). The van der Waals surface area contributed by atoms with Crippen LogP contribution in [0.2, 0.25) is 0 Å². The first-order valence-corrected chi connectivity index (χ1v) is 5.76. The molecule has 0 bridgehead atoms. The van der Waals surface area contributed by atoms with Crippen LogP contribution in [0.4, 0.5) is 5.69 Å². The van der Waals surface area contributed by atoms with Crippen LogP contribution in [0.1, 0.15) is 11.1 Å². The molecule has 2 rings (SSSR count). The van der Waals surface area contributed by atoms with Crippen molar-refractivity contribution in [3.8, 4) is 0 Å². The average molecular weight is 264 g/mol. The number of carbonyl (C=O) groups excluding carboxylic acids is 2. The molecule has 1 aliphatic rings. The highest BCUT2D eigenvalue weighted by atomic mass is 32.1. The minimum atomic E-state index is -0.408. The quantitative estimate of drug-likeness (QED) is 0.622. The number of hydrogen-bond acceptors (Lipinski definition) is 4. The summed E-state index contributed by atoms with van der Waals surface area (Å²) in [6.07, 6.45) is 0. The van der Waals surface area contributed by atoms with E-state index in [1.54, 1.807) is 12.1 Å². The zero-order valence-electron chi connectivity index (χ0n) is 9.80. The number of ether oxygens (including phenoxy) is 1. The Balaban J connectivity index is 2.56. The first kappa shape index (κ1) is 12.7. The highest BCUT2D eigenvalue weighted by molar-refractivity contribution is 7.80. The third-order valence-corrected chi connectivity index (χ3v) is 2.89. The van der Waals surface area contributed by atoms with Gasteiger partial charge >= 0.3 is 0 Å². The topological polar surface area (TPSA) is 72.6 Å². The monoisotopic (exact) mass is 264 g/mol. The summed E-state index contributed by atoms with van der Waals surface area (Å²) in [5.74, 6) is -0.816. The van der Waals surface area contributed by atoms with Crippen molar-refractivity contribution in [3.05, 3.63) is 29.3 Å². The van der Waals surface area contributed by atoms with Crippen LogP contribution in [0.25, 0.3) is 0 Å². The normalized spacial score (nSPS) is 15.9. The highest BCUT2D eigenvalue weighted by Crippen LogP contribution is 2.25. The van der Waals surface area contributed by atoms with E-state index in [1.165, 1.54) is 0 Å². The summed E-state index contributed by atoms with van der Waals surface area (Å²) in [6.45, 7) is 1.60. The number of hydrogen-bond donors (Lipinski definition) is 1. The molecule has 2 amide bonds. The Kier molecular flexibility index (Phi) is 3.40. The molecule has 18 heavy (non-hydrogen) atoms. The van der Waals surface area contributed by atoms with Crippen molar-refractivity contribution >= 4 is 34.7 Å². The Hall–Kier alpha value is -1.79. The summed E-state index contributed by atoms with van der Waals surface area (Å²) in [5, 5.41) is 0. The van der Waals surface area contributed by atoms with Crippen LogP contribution in [-0.4, -0.2) is 30.0 Å². The Morgan fingerprint density at radius 1 is 1.33 bits per heavy atom. The van der Waals surface area contributed by atoms with Crippen LogP contribution >= 0.6 is 12.2 Å². The van der Waals surface area contributed by atoms with Gasteiger partial charge in [-0.25, -0.2) is 4.90 Å². The summed E-state index contributed by atoms with van der Waals surface area (Å²) in [4.78, 5) is 24.8. The van der Waals surface area contributed by atoms with E-state index in [1.807, 2.05) is 13.0 Å². The van der Waals surface area contributed by atoms with Crippen molar-refractivity contribution in [1.29, 1.82) is 0 Å². The minimum Gasteiger partial charge on any atom is -0.389 e. The summed E-state index contributed by atoms with van der Waals surface area (Å²) in [7, 11) is 0. The lowest BCUT2D eigenvalue weighted by Gasteiger charge is -2.27. The zero-order valence-corrected chi connectivity index (χ0v) is 10.6. The Morgan fingerprint density at radius 3 is 2.50 bits per heavy atom. The van der Waals surface area contributed by atoms with Crippen molar-refractivity contribution in [3.63, 3.8) is 0 Å². The number of amides is 2. The predicted molar refractivity (Wildman–Crippen MR) is 70.4 cm³/mol. The molecule has 0 unspecified atom stereocenters. The van der Waals surface area contributed by atoms with Crippen LogP contribution in [0.3, 0.4) is 0 Å². The van der Waals surface area contributed by atoms with Crippen LogP contribution < -0.4 is 10.6 Å². The molecule has 2 N–H and O–H groups in total. The van der Waals surface area contributed by atoms with E-state index in [4.69, 9.17) is 22.7 Å². The molecule has 94 valence electrons. The van der Waals surface area contributed by atoms with Crippen LogP contribution in [-0.2, 0) is 14.3 Å². The Labute approximate surface area is 110 Å². The number of rotatable bonds is 2. The van der Waals surface area contributed by atoms with Crippen LogP contribution in [0.5, 0.6) is 0 Å². The van der Waals surface area contributed by atoms with E-state index in [2.05, 4.69) is 0 Å². The van der Waals surface area contributed by atoms with E-state index in [0.29, 0.717) is 11.3 Å². The van der Waals surface area contributed by atoms with E-state index in [9.17, 15) is 9.59 Å². The third kappa shape index (κ3) is 2.12. The number of aryl methyl sites for hydroxylation is 1. The molecule has 1 saturated heterocycles. The van der Waals surface area contributed by atoms with Gasteiger partial charge in [0.1, 0.15) is 18.2 Å². The first-order valence-electron chi connectivity index (χ1n) is 5.35. The van der Waals surface area contributed by atoms with Gasteiger partial charge in [0, 0.05) is 5.56 Å². The summed E-state index contributed by atoms with van der Waals surface area (Å²) in [5.41, 5.74) is 7.47. The number of morpholine rings is 1. The number of thiocarbonyl (C=S) groups is 1. The highest BCUT2D eigenvalue weighted by Gasteiger charge is 2.30. The lowest BCUT2D eigenvalue weighted by atomic mass is 10.1. The van der Waals surface area contributed by atoms with E-state index >= 15 is 0 Å². The van der Waals surface area contributed by atoms with Crippen LogP contribution in [0.15, 0.2) is 18.2 Å². The van der Waals surface area contributed by atoms with Crippen molar-refractivity contribution in [2.75, 3.05) is 18.1 Å². The first-order chi connectivity index (χ1) is 8.52. The van der Waals surface area contributed by atoms with Crippen molar-refractivity contribution in [2.24, 2.45) is 5.73 Å². The lowest BCUT2D eigenvalue weighted by molar-refractivity contribution is -0.138. The fraction of sp³-hybridized carbons (Fsp3) is 0.250. The van der Waals surface area contributed by atoms with E-state index in [-0.39, 0.29) is 18.2 Å². The molecule has 0 aliphatic carbocycles. The molecule has 0 spiro atoms. The van der Waals surface area contributed by atoms with Gasteiger partial charge in [-0.2, -0.15) is 0 Å². The van der Waals surface area contributed by atoms with Gasteiger partial charge in [0.25, 0.3) is 11.8 Å². The second-order valence-corrected chi connectivity index (χ2v) is 4.39. The molecule has 1 aromatic carbocycles. The number of carbonyl (C=O) groups is 2. The fourth-order valence-electron chi connectivity index (χ4n) is 1.92. The van der Waals surface area contributed by atoms with E-state index in [0.717, 1.165) is 10.5 Å². The molecule has 1 heterocycles. The zero-order chi connectivity index (χ0) is 13.3.